The molecule has 0 aliphatic rings. The second-order valence-electron chi connectivity index (χ2n) is 5.58. The zero-order chi connectivity index (χ0) is 16.5. The lowest BCUT2D eigenvalue weighted by atomic mass is 10.2. The maximum absolute atomic E-state index is 12.7. The Labute approximate surface area is 138 Å². The Morgan fingerprint density at radius 1 is 1.04 bits per heavy atom. The fourth-order valence-electron chi connectivity index (χ4n) is 2.70. The van der Waals surface area contributed by atoms with Gasteiger partial charge in [-0.15, -0.1) is 0 Å². The minimum absolute atomic E-state index is 0.120. The molecule has 0 unspecified atom stereocenters. The van der Waals surface area contributed by atoms with Crippen molar-refractivity contribution in [3.8, 4) is 5.69 Å². The van der Waals surface area contributed by atoms with Crippen molar-refractivity contribution >= 4 is 11.0 Å². The normalized spacial score (nSPS) is 11.0. The Balaban J connectivity index is 1.82. The Kier molecular flexibility index (Phi) is 3.42. The summed E-state index contributed by atoms with van der Waals surface area (Å²) in [5.74, 6) is 0. The van der Waals surface area contributed by atoms with Gasteiger partial charge < -0.3 is 0 Å². The summed E-state index contributed by atoms with van der Waals surface area (Å²) in [4.78, 5) is 21.4. The van der Waals surface area contributed by atoms with Gasteiger partial charge in [0.2, 0.25) is 0 Å². The van der Waals surface area contributed by atoms with Crippen LogP contribution in [0.25, 0.3) is 16.7 Å². The molecule has 3 heterocycles. The molecule has 4 aromatic rings. The Morgan fingerprint density at radius 3 is 2.67 bits per heavy atom. The van der Waals surface area contributed by atoms with Gasteiger partial charge in [-0.05, 0) is 30.7 Å². The third-order valence-electron chi connectivity index (χ3n) is 3.96. The predicted molar refractivity (Wildman–Crippen MR) is 91.2 cm³/mol. The molecule has 118 valence electrons. The van der Waals surface area contributed by atoms with Crippen molar-refractivity contribution in [2.45, 2.75) is 13.5 Å². The van der Waals surface area contributed by atoms with Crippen molar-refractivity contribution in [2.75, 3.05) is 0 Å². The third kappa shape index (κ3) is 2.38. The molecule has 0 spiro atoms. The molecule has 24 heavy (non-hydrogen) atoms. The van der Waals surface area contributed by atoms with Crippen LogP contribution >= 0.6 is 0 Å². The zero-order valence-electron chi connectivity index (χ0n) is 13.1. The van der Waals surface area contributed by atoms with Crippen LogP contribution in [0.15, 0.2) is 66.0 Å². The average Bonchev–Trinajstić information content (AvgIpc) is 3.03. The lowest BCUT2D eigenvalue weighted by molar-refractivity contribution is 0.727. The minimum Gasteiger partial charge on any atom is -0.292 e. The number of para-hydroxylation sites is 1. The number of hydrogen-bond acceptors (Lipinski definition) is 4. The summed E-state index contributed by atoms with van der Waals surface area (Å²) in [7, 11) is 0. The highest BCUT2D eigenvalue weighted by atomic mass is 16.1. The summed E-state index contributed by atoms with van der Waals surface area (Å²) in [5, 5.41) is 4.86. The highest BCUT2D eigenvalue weighted by Crippen LogP contribution is 2.17. The van der Waals surface area contributed by atoms with Gasteiger partial charge >= 0.3 is 0 Å². The van der Waals surface area contributed by atoms with Gasteiger partial charge in [0.05, 0.1) is 24.1 Å². The van der Waals surface area contributed by atoms with Crippen molar-refractivity contribution in [3.63, 3.8) is 0 Å². The molecule has 0 aliphatic heterocycles. The molecule has 0 aliphatic carbocycles. The van der Waals surface area contributed by atoms with E-state index in [9.17, 15) is 4.79 Å². The number of rotatable bonds is 3. The van der Waals surface area contributed by atoms with Gasteiger partial charge in [0.15, 0.2) is 5.65 Å². The number of aryl methyl sites for hydroxylation is 1. The Hall–Kier alpha value is -3.28. The Bertz CT molecular complexity index is 1070. The lowest BCUT2D eigenvalue weighted by Crippen LogP contribution is -2.21. The number of nitrogens with zero attached hydrogens (tertiary/aromatic N) is 5. The van der Waals surface area contributed by atoms with Crippen LogP contribution in [-0.2, 0) is 6.54 Å². The quantitative estimate of drug-likeness (QED) is 0.582. The second-order valence-corrected chi connectivity index (χ2v) is 5.58. The predicted octanol–water partition coefficient (Wildman–Crippen LogP) is 2.33. The van der Waals surface area contributed by atoms with Crippen molar-refractivity contribution < 1.29 is 0 Å². The molecule has 0 saturated heterocycles. The van der Waals surface area contributed by atoms with E-state index in [0.717, 1.165) is 16.9 Å². The van der Waals surface area contributed by atoms with E-state index in [1.54, 1.807) is 28.0 Å². The molecule has 4 rings (SSSR count). The van der Waals surface area contributed by atoms with Crippen molar-refractivity contribution in [1.29, 1.82) is 0 Å². The number of fused-ring (bicyclic) bond motifs is 1. The second kappa shape index (κ2) is 5.73. The molecule has 0 radical (unpaired) electrons. The van der Waals surface area contributed by atoms with Crippen molar-refractivity contribution in [3.05, 3.63) is 82.8 Å². The summed E-state index contributed by atoms with van der Waals surface area (Å²) in [6.07, 6.45) is 4.84. The van der Waals surface area contributed by atoms with Gasteiger partial charge in [-0.25, -0.2) is 9.67 Å². The van der Waals surface area contributed by atoms with Crippen LogP contribution in [-0.4, -0.2) is 24.3 Å². The summed E-state index contributed by atoms with van der Waals surface area (Å²) in [6.45, 7) is 2.39. The molecular formula is C18H15N5O. The smallest absolute Gasteiger partial charge is 0.264 e. The first-order valence-corrected chi connectivity index (χ1v) is 7.63. The number of hydrogen-bond donors (Lipinski definition) is 0. The van der Waals surface area contributed by atoms with Crippen LogP contribution in [0, 0.1) is 6.92 Å². The van der Waals surface area contributed by atoms with E-state index in [1.807, 2.05) is 49.4 Å². The SMILES string of the molecule is Cc1ccccc1-n1ncc2c(=O)n(Cc3ccccn3)cnc21. The lowest BCUT2D eigenvalue weighted by Gasteiger charge is -2.07. The first-order valence-electron chi connectivity index (χ1n) is 7.63. The molecule has 0 atom stereocenters. The van der Waals surface area contributed by atoms with Crippen LogP contribution < -0.4 is 5.56 Å². The maximum Gasteiger partial charge on any atom is 0.264 e. The molecule has 3 aromatic heterocycles. The van der Waals surface area contributed by atoms with Gasteiger partial charge in [-0.1, -0.05) is 24.3 Å². The van der Waals surface area contributed by atoms with Crippen LogP contribution in [0.3, 0.4) is 0 Å². The maximum atomic E-state index is 12.7. The number of pyridine rings is 1. The summed E-state index contributed by atoms with van der Waals surface area (Å²) >= 11 is 0. The summed E-state index contributed by atoms with van der Waals surface area (Å²) in [6, 6.07) is 13.5. The van der Waals surface area contributed by atoms with Crippen LogP contribution in [0.1, 0.15) is 11.3 Å². The average molecular weight is 317 g/mol. The van der Waals surface area contributed by atoms with E-state index in [-0.39, 0.29) is 5.56 Å². The Morgan fingerprint density at radius 2 is 1.88 bits per heavy atom. The summed E-state index contributed by atoms with van der Waals surface area (Å²) < 4.78 is 3.26. The molecular weight excluding hydrogens is 302 g/mol. The van der Waals surface area contributed by atoms with Crippen LogP contribution in [0.2, 0.25) is 0 Å². The third-order valence-corrected chi connectivity index (χ3v) is 3.96. The molecule has 0 N–H and O–H groups in total. The fraction of sp³-hybridized carbons (Fsp3) is 0.111. The van der Waals surface area contributed by atoms with Crippen molar-refractivity contribution in [1.82, 2.24) is 24.3 Å². The van der Waals surface area contributed by atoms with E-state index >= 15 is 0 Å². The largest absolute Gasteiger partial charge is 0.292 e. The molecule has 0 saturated carbocycles. The van der Waals surface area contributed by atoms with E-state index in [4.69, 9.17) is 0 Å². The van der Waals surface area contributed by atoms with Crippen LogP contribution in [0.5, 0.6) is 0 Å². The fourth-order valence-corrected chi connectivity index (χ4v) is 2.70. The van der Waals surface area contributed by atoms with E-state index in [2.05, 4.69) is 15.1 Å². The highest BCUT2D eigenvalue weighted by Gasteiger charge is 2.12. The van der Waals surface area contributed by atoms with Gasteiger partial charge in [-0.2, -0.15) is 5.10 Å². The summed E-state index contributed by atoms with van der Waals surface area (Å²) in [5.41, 5.74) is 3.24. The first-order chi connectivity index (χ1) is 11.7. The number of benzene rings is 1. The monoisotopic (exact) mass is 317 g/mol. The zero-order valence-corrected chi connectivity index (χ0v) is 13.1. The molecule has 6 heteroatoms. The van der Waals surface area contributed by atoms with E-state index in [0.29, 0.717) is 17.6 Å². The standard InChI is InChI=1S/C18H15N5O/c1-13-6-2-3-8-16(13)23-17-15(10-21-23)18(24)22(12-20-17)11-14-7-4-5-9-19-14/h2-10,12H,11H2,1H3. The van der Waals surface area contributed by atoms with Gasteiger partial charge in [0.1, 0.15) is 11.7 Å². The van der Waals surface area contributed by atoms with Crippen molar-refractivity contribution in [2.24, 2.45) is 0 Å². The van der Waals surface area contributed by atoms with Crippen LogP contribution in [0.4, 0.5) is 0 Å². The topological polar surface area (TPSA) is 65.6 Å². The molecule has 6 nitrogen and oxygen atoms in total. The van der Waals surface area contributed by atoms with Gasteiger partial charge in [0.25, 0.3) is 5.56 Å². The minimum atomic E-state index is -0.120. The molecule has 1 aromatic carbocycles. The molecule has 0 bridgehead atoms. The molecule has 0 fully saturated rings. The molecule has 0 amide bonds. The number of aromatic nitrogens is 5. The van der Waals surface area contributed by atoms with E-state index in [1.165, 1.54) is 0 Å². The van der Waals surface area contributed by atoms with E-state index < -0.39 is 0 Å². The highest BCUT2D eigenvalue weighted by molar-refractivity contribution is 5.75. The van der Waals surface area contributed by atoms with Gasteiger partial charge in [-0.3, -0.25) is 14.3 Å². The van der Waals surface area contributed by atoms with Gasteiger partial charge in [0, 0.05) is 6.20 Å². The first kappa shape index (κ1) is 14.3.